The van der Waals surface area contributed by atoms with Crippen LogP contribution in [-0.4, -0.2) is 51.5 Å². The van der Waals surface area contributed by atoms with Gasteiger partial charge in [0.05, 0.1) is 17.6 Å². The number of imidazole rings is 1. The second-order valence-electron chi connectivity index (χ2n) is 9.39. The molecule has 4 rings (SSSR count). The van der Waals surface area contributed by atoms with E-state index in [1.165, 1.54) is 30.4 Å². The molecule has 1 aliphatic heterocycles. The van der Waals surface area contributed by atoms with E-state index in [0.29, 0.717) is 19.0 Å². The molecule has 1 fully saturated rings. The Morgan fingerprint density at radius 1 is 1.11 bits per heavy atom. The van der Waals surface area contributed by atoms with Gasteiger partial charge in [0.25, 0.3) is 11.6 Å². The summed E-state index contributed by atoms with van der Waals surface area (Å²) in [6.45, 7) is 6.08. The average molecular weight is 491 g/mol. The van der Waals surface area contributed by atoms with Gasteiger partial charge in [-0.05, 0) is 36.0 Å². The van der Waals surface area contributed by atoms with Gasteiger partial charge in [-0.1, -0.05) is 38.1 Å². The van der Waals surface area contributed by atoms with E-state index in [4.69, 9.17) is 0 Å². The highest BCUT2D eigenvalue weighted by molar-refractivity contribution is 5.99. The molecule has 9 nitrogen and oxygen atoms in total. The van der Waals surface area contributed by atoms with Crippen molar-refractivity contribution in [3.05, 3.63) is 93.1 Å². The van der Waals surface area contributed by atoms with Crippen molar-refractivity contribution in [1.82, 2.24) is 14.5 Å². The van der Waals surface area contributed by atoms with Crippen LogP contribution in [0.1, 0.15) is 76.2 Å². The summed E-state index contributed by atoms with van der Waals surface area (Å²) in [5.74, 6) is 0.631. The Hall–Kier alpha value is -4.01. The van der Waals surface area contributed by atoms with Crippen molar-refractivity contribution < 1.29 is 19.2 Å². The van der Waals surface area contributed by atoms with Crippen molar-refractivity contribution in [3.63, 3.8) is 0 Å². The van der Waals surface area contributed by atoms with Gasteiger partial charge in [0.1, 0.15) is 5.82 Å². The number of nitro benzene ring substituents is 1. The molecule has 3 aromatic rings. The molecule has 1 amide bonds. The summed E-state index contributed by atoms with van der Waals surface area (Å²) in [5, 5.41) is 11.3. The summed E-state index contributed by atoms with van der Waals surface area (Å²) in [5.41, 5.74) is 2.28. The highest BCUT2D eigenvalue weighted by atomic mass is 16.6. The lowest BCUT2D eigenvalue weighted by Gasteiger charge is -2.32. The van der Waals surface area contributed by atoms with Crippen LogP contribution in [-0.2, 0) is 11.3 Å². The molecule has 2 aromatic carbocycles. The summed E-state index contributed by atoms with van der Waals surface area (Å²) in [4.78, 5) is 42.1. The van der Waals surface area contributed by atoms with Crippen LogP contribution in [0, 0.1) is 10.1 Å². The van der Waals surface area contributed by atoms with E-state index in [0.717, 1.165) is 31.3 Å². The molecule has 0 radical (unpaired) electrons. The van der Waals surface area contributed by atoms with Crippen LogP contribution in [0.25, 0.3) is 0 Å². The SMILES string of the molecule is COC(=O)c1cc(C(=O)N2CCC(c3nccn3Cc3ccc(C(C)C)cc3)CC2)cc([N+](=O)[O-])c1. The summed E-state index contributed by atoms with van der Waals surface area (Å²) >= 11 is 0. The second kappa shape index (κ2) is 10.7. The van der Waals surface area contributed by atoms with Crippen LogP contribution < -0.4 is 0 Å². The predicted octanol–water partition coefficient (Wildman–Crippen LogP) is 4.77. The van der Waals surface area contributed by atoms with Gasteiger partial charge in [-0.15, -0.1) is 0 Å². The number of likely N-dealkylation sites (tertiary alicyclic amines) is 1. The minimum Gasteiger partial charge on any atom is -0.465 e. The van der Waals surface area contributed by atoms with Crippen LogP contribution in [0.15, 0.2) is 54.9 Å². The Bertz CT molecular complexity index is 1260. The molecule has 2 heterocycles. The Kier molecular flexibility index (Phi) is 7.47. The molecule has 0 atom stereocenters. The highest BCUT2D eigenvalue weighted by Gasteiger charge is 2.28. The number of methoxy groups -OCH3 is 1. The van der Waals surface area contributed by atoms with Crippen molar-refractivity contribution in [2.45, 2.75) is 45.1 Å². The predicted molar refractivity (Wildman–Crippen MR) is 134 cm³/mol. The van der Waals surface area contributed by atoms with Gasteiger partial charge in [0, 0.05) is 55.6 Å². The van der Waals surface area contributed by atoms with Crippen LogP contribution in [0.2, 0.25) is 0 Å². The van der Waals surface area contributed by atoms with Gasteiger partial charge >= 0.3 is 5.97 Å². The number of non-ortho nitro benzene ring substituents is 1. The number of rotatable bonds is 7. The highest BCUT2D eigenvalue weighted by Crippen LogP contribution is 2.29. The molecule has 0 aliphatic carbocycles. The lowest BCUT2D eigenvalue weighted by molar-refractivity contribution is -0.384. The molecule has 0 bridgehead atoms. The molecule has 36 heavy (non-hydrogen) atoms. The zero-order valence-electron chi connectivity index (χ0n) is 20.7. The molecule has 1 saturated heterocycles. The van der Waals surface area contributed by atoms with Crippen molar-refractivity contribution in [2.24, 2.45) is 0 Å². The number of hydrogen-bond acceptors (Lipinski definition) is 6. The summed E-state index contributed by atoms with van der Waals surface area (Å²) in [6, 6.07) is 12.3. The molecule has 188 valence electrons. The van der Waals surface area contributed by atoms with Gasteiger partial charge < -0.3 is 14.2 Å². The topological polar surface area (TPSA) is 108 Å². The van der Waals surface area contributed by atoms with E-state index >= 15 is 0 Å². The quantitative estimate of drug-likeness (QED) is 0.268. The fraction of sp³-hybridized carbons (Fsp3) is 0.370. The third-order valence-corrected chi connectivity index (χ3v) is 6.69. The van der Waals surface area contributed by atoms with Crippen molar-refractivity contribution >= 4 is 17.6 Å². The largest absolute Gasteiger partial charge is 0.465 e. The van der Waals surface area contributed by atoms with Crippen LogP contribution in [0.4, 0.5) is 5.69 Å². The molecule has 0 unspecified atom stereocenters. The standard InChI is InChI=1S/C27H30N4O5/c1-18(2)20-6-4-19(5-7-20)17-30-13-10-28-25(30)21-8-11-29(12-9-21)26(32)22-14-23(27(33)36-3)16-24(15-22)31(34)35/h4-7,10,13-16,18,21H,8-9,11-12,17H2,1-3H3. The smallest absolute Gasteiger partial charge is 0.338 e. The fourth-order valence-corrected chi connectivity index (χ4v) is 4.62. The first-order valence-electron chi connectivity index (χ1n) is 12.0. The number of carbonyl (C=O) groups excluding carboxylic acids is 2. The minimum absolute atomic E-state index is 0.0200. The summed E-state index contributed by atoms with van der Waals surface area (Å²) in [6.07, 6.45) is 5.26. The van der Waals surface area contributed by atoms with E-state index < -0.39 is 10.9 Å². The van der Waals surface area contributed by atoms with Crippen molar-refractivity contribution in [1.29, 1.82) is 0 Å². The van der Waals surface area contributed by atoms with Crippen molar-refractivity contribution in [3.8, 4) is 0 Å². The normalized spacial score (nSPS) is 14.2. The number of amides is 1. The van der Waals surface area contributed by atoms with Gasteiger partial charge in [0.2, 0.25) is 0 Å². The Morgan fingerprint density at radius 2 is 1.78 bits per heavy atom. The molecule has 0 N–H and O–H groups in total. The number of nitro groups is 1. The summed E-state index contributed by atoms with van der Waals surface area (Å²) < 4.78 is 6.84. The third kappa shape index (κ3) is 5.45. The van der Waals surface area contributed by atoms with Crippen LogP contribution in [0.3, 0.4) is 0 Å². The Balaban J connectivity index is 1.44. The number of piperidine rings is 1. The first-order valence-corrected chi connectivity index (χ1v) is 12.0. The van der Waals surface area contributed by atoms with Crippen LogP contribution in [0.5, 0.6) is 0 Å². The zero-order valence-corrected chi connectivity index (χ0v) is 20.7. The number of esters is 1. The van der Waals surface area contributed by atoms with Gasteiger partial charge in [-0.25, -0.2) is 9.78 Å². The lowest BCUT2D eigenvalue weighted by Crippen LogP contribution is -2.38. The number of ether oxygens (including phenoxy) is 1. The van der Waals surface area contributed by atoms with Gasteiger partial charge in [-0.3, -0.25) is 14.9 Å². The molecule has 0 saturated carbocycles. The zero-order chi connectivity index (χ0) is 25.8. The molecule has 0 spiro atoms. The maximum atomic E-state index is 13.1. The molecule has 1 aromatic heterocycles. The van der Waals surface area contributed by atoms with E-state index in [1.807, 2.05) is 12.4 Å². The number of carbonyl (C=O) groups is 2. The minimum atomic E-state index is -0.725. The third-order valence-electron chi connectivity index (χ3n) is 6.69. The number of hydrogen-bond donors (Lipinski definition) is 0. The number of nitrogens with zero attached hydrogens (tertiary/aromatic N) is 4. The molecule has 9 heteroatoms. The van der Waals surface area contributed by atoms with Crippen molar-refractivity contribution in [2.75, 3.05) is 20.2 Å². The van der Waals surface area contributed by atoms with E-state index in [1.54, 1.807) is 4.90 Å². The molecular formula is C27H30N4O5. The maximum absolute atomic E-state index is 13.1. The first kappa shape index (κ1) is 25.1. The van der Waals surface area contributed by atoms with Gasteiger partial charge in [-0.2, -0.15) is 0 Å². The van der Waals surface area contributed by atoms with Gasteiger partial charge in [0.15, 0.2) is 0 Å². The fourth-order valence-electron chi connectivity index (χ4n) is 4.62. The number of aromatic nitrogens is 2. The summed E-state index contributed by atoms with van der Waals surface area (Å²) in [7, 11) is 1.19. The number of benzene rings is 2. The molecular weight excluding hydrogens is 460 g/mol. The monoisotopic (exact) mass is 490 g/mol. The van der Waals surface area contributed by atoms with E-state index in [9.17, 15) is 19.7 Å². The second-order valence-corrected chi connectivity index (χ2v) is 9.39. The van der Waals surface area contributed by atoms with E-state index in [-0.39, 0.29) is 28.6 Å². The lowest BCUT2D eigenvalue weighted by atomic mass is 9.95. The Labute approximate surface area is 209 Å². The Morgan fingerprint density at radius 3 is 2.39 bits per heavy atom. The maximum Gasteiger partial charge on any atom is 0.338 e. The van der Waals surface area contributed by atoms with E-state index in [2.05, 4.69) is 52.4 Å². The first-order chi connectivity index (χ1) is 17.3. The average Bonchev–Trinajstić information content (AvgIpc) is 3.35. The molecule has 1 aliphatic rings. The van der Waals surface area contributed by atoms with Crippen LogP contribution >= 0.6 is 0 Å².